The van der Waals surface area contributed by atoms with E-state index in [4.69, 9.17) is 4.74 Å². The van der Waals surface area contributed by atoms with Gasteiger partial charge in [0.1, 0.15) is 0 Å². The average Bonchev–Trinajstić information content (AvgIpc) is 2.96. The molecule has 0 spiro atoms. The molecule has 0 amide bonds. The Labute approximate surface area is 252 Å². The van der Waals surface area contributed by atoms with Crippen LogP contribution >= 0.6 is 0 Å². The third kappa shape index (κ3) is 35.0. The largest absolute Gasteiger partial charge is 0.466 e. The number of hydrogen-bond acceptors (Lipinski definition) is 2. The minimum atomic E-state index is 0.0119. The predicted octanol–water partition coefficient (Wildman–Crippen LogP) is 13.4. The van der Waals surface area contributed by atoms with Gasteiger partial charge in [-0.3, -0.25) is 4.79 Å². The van der Waals surface area contributed by atoms with Crippen LogP contribution in [0.15, 0.2) is 24.3 Å². The van der Waals surface area contributed by atoms with Gasteiger partial charge >= 0.3 is 5.97 Å². The summed E-state index contributed by atoms with van der Waals surface area (Å²) in [6, 6.07) is 0. The molecule has 0 bridgehead atoms. The summed E-state index contributed by atoms with van der Waals surface area (Å²) in [5, 5.41) is 0. The molecule has 0 heterocycles. The fraction of sp³-hybridized carbons (Fsp3) is 0.868. The first-order chi connectivity index (χ1) is 19.8. The zero-order valence-corrected chi connectivity index (χ0v) is 27.5. The van der Waals surface area contributed by atoms with E-state index in [-0.39, 0.29) is 5.97 Å². The minimum absolute atomic E-state index is 0.0119. The Bertz CT molecular complexity index is 536. The number of hydrogen-bond donors (Lipinski definition) is 0. The molecule has 2 nitrogen and oxygen atoms in total. The lowest BCUT2D eigenvalue weighted by Gasteiger charge is -2.05. The molecule has 0 aromatic heterocycles. The molecule has 0 saturated heterocycles. The van der Waals surface area contributed by atoms with E-state index in [1.807, 2.05) is 0 Å². The highest BCUT2D eigenvalue weighted by molar-refractivity contribution is 5.69. The fourth-order valence-electron chi connectivity index (χ4n) is 5.34. The first-order valence-electron chi connectivity index (χ1n) is 18.3. The number of unbranched alkanes of at least 4 members (excludes halogenated alkanes) is 25. The van der Waals surface area contributed by atoms with E-state index in [1.54, 1.807) is 0 Å². The van der Waals surface area contributed by atoms with Crippen LogP contribution in [0.3, 0.4) is 0 Å². The number of allylic oxidation sites excluding steroid dienone is 4. The fourth-order valence-corrected chi connectivity index (χ4v) is 5.34. The number of esters is 1. The van der Waals surface area contributed by atoms with Crippen molar-refractivity contribution in [2.75, 3.05) is 6.61 Å². The van der Waals surface area contributed by atoms with E-state index in [2.05, 4.69) is 38.2 Å². The zero-order chi connectivity index (χ0) is 29.0. The van der Waals surface area contributed by atoms with Gasteiger partial charge in [-0.2, -0.15) is 0 Å². The van der Waals surface area contributed by atoms with Crippen molar-refractivity contribution < 1.29 is 9.53 Å². The Hall–Kier alpha value is -1.05. The molecule has 0 atom stereocenters. The van der Waals surface area contributed by atoms with Crippen molar-refractivity contribution in [3.8, 4) is 0 Å². The molecule has 0 radical (unpaired) electrons. The van der Waals surface area contributed by atoms with Gasteiger partial charge in [0.15, 0.2) is 0 Å². The summed E-state index contributed by atoms with van der Waals surface area (Å²) in [4.78, 5) is 11.9. The minimum Gasteiger partial charge on any atom is -0.466 e. The van der Waals surface area contributed by atoms with Crippen LogP contribution < -0.4 is 0 Å². The molecule has 0 N–H and O–H groups in total. The van der Waals surface area contributed by atoms with Gasteiger partial charge in [-0.05, 0) is 44.9 Å². The Morgan fingerprint density at radius 1 is 0.425 bits per heavy atom. The van der Waals surface area contributed by atoms with Crippen LogP contribution in [-0.4, -0.2) is 12.6 Å². The number of carbonyl (C=O) groups is 1. The van der Waals surface area contributed by atoms with Crippen LogP contribution in [0.25, 0.3) is 0 Å². The van der Waals surface area contributed by atoms with Gasteiger partial charge < -0.3 is 4.74 Å². The molecule has 0 rings (SSSR count). The van der Waals surface area contributed by atoms with E-state index in [0.717, 1.165) is 25.7 Å². The highest BCUT2D eigenvalue weighted by atomic mass is 16.5. The first-order valence-corrected chi connectivity index (χ1v) is 18.3. The van der Waals surface area contributed by atoms with Crippen LogP contribution in [0, 0.1) is 0 Å². The summed E-state index contributed by atoms with van der Waals surface area (Å²) in [6.45, 7) is 5.18. The van der Waals surface area contributed by atoms with E-state index >= 15 is 0 Å². The summed E-state index contributed by atoms with van der Waals surface area (Å²) >= 11 is 0. The van der Waals surface area contributed by atoms with E-state index in [1.165, 1.54) is 161 Å². The molecule has 0 fully saturated rings. The van der Waals surface area contributed by atoms with Crippen molar-refractivity contribution in [1.82, 2.24) is 0 Å². The van der Waals surface area contributed by atoms with Gasteiger partial charge in [-0.1, -0.05) is 179 Å². The molecule has 2 heteroatoms. The number of ether oxygens (including phenoxy) is 1. The van der Waals surface area contributed by atoms with Crippen molar-refractivity contribution in [3.63, 3.8) is 0 Å². The number of carbonyl (C=O) groups excluding carboxylic acids is 1. The predicted molar refractivity (Wildman–Crippen MR) is 179 cm³/mol. The van der Waals surface area contributed by atoms with Crippen molar-refractivity contribution >= 4 is 5.97 Å². The molecule has 0 aromatic rings. The SMILES string of the molecule is CCCCCC/C=C\C/C=C\CCCCCCCC(=O)OCCCCCCCCCCCCCCCCCCC. The second-order valence-corrected chi connectivity index (χ2v) is 12.2. The van der Waals surface area contributed by atoms with Gasteiger partial charge in [0.2, 0.25) is 0 Å². The highest BCUT2D eigenvalue weighted by Crippen LogP contribution is 2.14. The molecule has 40 heavy (non-hydrogen) atoms. The van der Waals surface area contributed by atoms with Gasteiger partial charge in [-0.25, -0.2) is 0 Å². The second-order valence-electron chi connectivity index (χ2n) is 12.2. The lowest BCUT2D eigenvalue weighted by molar-refractivity contribution is -0.143. The quantitative estimate of drug-likeness (QED) is 0.0453. The van der Waals surface area contributed by atoms with E-state index in [9.17, 15) is 4.79 Å². The maximum atomic E-state index is 11.9. The lowest BCUT2D eigenvalue weighted by atomic mass is 10.0. The summed E-state index contributed by atoms with van der Waals surface area (Å²) in [5.74, 6) is 0.0119. The molecule has 0 aliphatic rings. The highest BCUT2D eigenvalue weighted by Gasteiger charge is 2.02. The zero-order valence-electron chi connectivity index (χ0n) is 27.5. The van der Waals surface area contributed by atoms with E-state index < -0.39 is 0 Å². The van der Waals surface area contributed by atoms with Crippen molar-refractivity contribution in [2.45, 2.75) is 206 Å². The second kappa shape index (κ2) is 36.0. The van der Waals surface area contributed by atoms with Crippen molar-refractivity contribution in [3.05, 3.63) is 24.3 Å². The smallest absolute Gasteiger partial charge is 0.305 e. The molecular weight excluding hydrogens is 488 g/mol. The van der Waals surface area contributed by atoms with Gasteiger partial charge in [-0.15, -0.1) is 0 Å². The monoisotopic (exact) mass is 561 g/mol. The van der Waals surface area contributed by atoms with Gasteiger partial charge in [0.25, 0.3) is 0 Å². The van der Waals surface area contributed by atoms with E-state index in [0.29, 0.717) is 13.0 Å². The first kappa shape index (κ1) is 39.0. The van der Waals surface area contributed by atoms with Crippen molar-refractivity contribution in [1.29, 1.82) is 0 Å². The standard InChI is InChI=1S/C38H72O2/c1-3-5-7-9-11-13-15-17-19-21-23-25-27-29-31-33-35-37-40-38(39)36-34-32-30-28-26-24-22-20-18-16-14-12-10-8-6-4-2/h14,16,20,22H,3-13,15,17-19,21,23-37H2,1-2H3/b16-14-,22-20-. The topological polar surface area (TPSA) is 26.3 Å². The summed E-state index contributed by atoms with van der Waals surface area (Å²) in [7, 11) is 0. The molecular formula is C38H72O2. The van der Waals surface area contributed by atoms with Crippen LogP contribution in [0.4, 0.5) is 0 Å². The molecule has 0 aromatic carbocycles. The third-order valence-corrected chi connectivity index (χ3v) is 8.09. The third-order valence-electron chi connectivity index (χ3n) is 8.09. The molecule has 0 saturated carbocycles. The lowest BCUT2D eigenvalue weighted by Crippen LogP contribution is -2.05. The maximum Gasteiger partial charge on any atom is 0.305 e. The Morgan fingerprint density at radius 3 is 1.23 bits per heavy atom. The molecule has 0 aliphatic carbocycles. The summed E-state index contributed by atoms with van der Waals surface area (Å²) < 4.78 is 5.44. The van der Waals surface area contributed by atoms with Gasteiger partial charge in [0, 0.05) is 6.42 Å². The molecule has 236 valence electrons. The molecule has 0 unspecified atom stereocenters. The summed E-state index contributed by atoms with van der Waals surface area (Å²) in [5.41, 5.74) is 0. The van der Waals surface area contributed by atoms with Crippen LogP contribution in [0.2, 0.25) is 0 Å². The Balaban J connectivity index is 3.22. The summed E-state index contributed by atoms with van der Waals surface area (Å²) in [6.07, 6.45) is 48.1. The van der Waals surface area contributed by atoms with Crippen molar-refractivity contribution in [2.24, 2.45) is 0 Å². The maximum absolute atomic E-state index is 11.9. The normalized spacial score (nSPS) is 11.8. The van der Waals surface area contributed by atoms with Crippen LogP contribution in [-0.2, 0) is 9.53 Å². The van der Waals surface area contributed by atoms with Crippen LogP contribution in [0.1, 0.15) is 206 Å². The average molecular weight is 561 g/mol. The number of rotatable bonds is 33. The molecule has 0 aliphatic heterocycles. The Morgan fingerprint density at radius 2 is 0.775 bits per heavy atom. The Kier molecular flexibility index (Phi) is 35.0. The van der Waals surface area contributed by atoms with Gasteiger partial charge in [0.05, 0.1) is 6.61 Å². The van der Waals surface area contributed by atoms with Crippen LogP contribution in [0.5, 0.6) is 0 Å².